The maximum Gasteiger partial charge on any atom is 0.327 e. The van der Waals surface area contributed by atoms with E-state index in [2.05, 4.69) is 9.97 Å². The summed E-state index contributed by atoms with van der Waals surface area (Å²) < 4.78 is 5.78. The molecule has 2 aliphatic rings. The van der Waals surface area contributed by atoms with Gasteiger partial charge in [-0.05, 0) is 13.8 Å². The number of piperazine rings is 1. The van der Waals surface area contributed by atoms with Gasteiger partial charge in [-0.3, -0.25) is 14.5 Å². The fraction of sp³-hybridized carbons (Fsp3) is 0.562. The number of amides is 4. The third-order valence-electron chi connectivity index (χ3n) is 4.37. The summed E-state index contributed by atoms with van der Waals surface area (Å²) in [6.45, 7) is 5.48. The van der Waals surface area contributed by atoms with E-state index in [0.29, 0.717) is 44.3 Å². The first kappa shape index (κ1) is 17.1. The summed E-state index contributed by atoms with van der Waals surface area (Å²) in [6, 6.07) is 1.24. The number of nitrogens with zero attached hydrogens (tertiary/aromatic N) is 5. The van der Waals surface area contributed by atoms with Crippen LogP contribution in [0.1, 0.15) is 19.2 Å². The number of carbonyl (C=O) groups excluding carboxylic acids is 3. The summed E-state index contributed by atoms with van der Waals surface area (Å²) in [5.74, 6) is -0.296. The lowest BCUT2D eigenvalue weighted by molar-refractivity contribution is -0.153. The summed E-state index contributed by atoms with van der Waals surface area (Å²) in [4.78, 5) is 48.9. The van der Waals surface area contributed by atoms with Gasteiger partial charge in [0.25, 0.3) is 0 Å². The van der Waals surface area contributed by atoms with Crippen LogP contribution in [0.15, 0.2) is 12.3 Å². The van der Waals surface area contributed by atoms with Crippen LogP contribution in [0.4, 0.5) is 4.79 Å². The molecular formula is C16H21N5O4. The minimum absolute atomic E-state index is 0.194. The average Bonchev–Trinajstić information content (AvgIpc) is 3.05. The van der Waals surface area contributed by atoms with E-state index in [4.69, 9.17) is 4.74 Å². The number of rotatable bonds is 3. The second-order valence-electron chi connectivity index (χ2n) is 6.04. The minimum atomic E-state index is -0.756. The van der Waals surface area contributed by atoms with Crippen molar-refractivity contribution in [3.05, 3.63) is 18.1 Å². The molecule has 0 N–H and O–H groups in total. The normalized spacial score (nSPS) is 21.0. The summed E-state index contributed by atoms with van der Waals surface area (Å²) in [5.41, 5.74) is 0. The number of aromatic nitrogens is 2. The zero-order valence-corrected chi connectivity index (χ0v) is 14.3. The molecule has 9 heteroatoms. The summed E-state index contributed by atoms with van der Waals surface area (Å²) >= 11 is 0. The van der Waals surface area contributed by atoms with Crippen molar-refractivity contribution in [2.24, 2.45) is 0 Å². The van der Waals surface area contributed by atoms with Crippen LogP contribution in [-0.2, 0) is 9.59 Å². The van der Waals surface area contributed by atoms with E-state index in [-0.39, 0.29) is 12.6 Å². The number of likely N-dealkylation sites (N-methyl/N-ethyl adjacent to an activating group) is 1. The van der Waals surface area contributed by atoms with Gasteiger partial charge in [0.1, 0.15) is 11.9 Å². The van der Waals surface area contributed by atoms with Crippen molar-refractivity contribution < 1.29 is 19.1 Å². The highest BCUT2D eigenvalue weighted by Crippen LogP contribution is 2.18. The lowest BCUT2D eigenvalue weighted by atomic mass is 10.3. The molecule has 0 aromatic carbocycles. The Bertz CT molecular complexity index is 695. The third kappa shape index (κ3) is 3.54. The van der Waals surface area contributed by atoms with Crippen molar-refractivity contribution in [2.45, 2.75) is 26.4 Å². The number of likely N-dealkylation sites (tertiary alicyclic amines) is 1. The molecule has 134 valence electrons. The summed E-state index contributed by atoms with van der Waals surface area (Å²) in [6.07, 6.45) is 2.07. The Morgan fingerprint density at radius 3 is 2.80 bits per heavy atom. The molecular weight excluding hydrogens is 326 g/mol. The predicted molar refractivity (Wildman–Crippen MR) is 86.7 cm³/mol. The molecule has 0 aliphatic carbocycles. The fourth-order valence-corrected chi connectivity index (χ4v) is 3.00. The van der Waals surface area contributed by atoms with Crippen molar-refractivity contribution in [3.63, 3.8) is 0 Å². The van der Waals surface area contributed by atoms with Gasteiger partial charge in [0.15, 0.2) is 0 Å². The number of aryl methyl sites for hydroxylation is 1. The van der Waals surface area contributed by atoms with Crippen LogP contribution in [0.25, 0.3) is 0 Å². The second kappa shape index (κ2) is 7.04. The van der Waals surface area contributed by atoms with Crippen molar-refractivity contribution in [1.82, 2.24) is 24.7 Å². The van der Waals surface area contributed by atoms with Gasteiger partial charge in [-0.2, -0.15) is 4.98 Å². The van der Waals surface area contributed by atoms with E-state index >= 15 is 0 Å². The lowest BCUT2D eigenvalue weighted by Gasteiger charge is -2.33. The van der Waals surface area contributed by atoms with E-state index in [1.807, 2.05) is 0 Å². The molecule has 0 unspecified atom stereocenters. The maximum atomic E-state index is 12.6. The molecule has 3 heterocycles. The summed E-state index contributed by atoms with van der Waals surface area (Å²) in [5, 5.41) is 0. The molecule has 1 atom stereocenters. The van der Waals surface area contributed by atoms with Gasteiger partial charge < -0.3 is 14.5 Å². The van der Waals surface area contributed by atoms with Crippen LogP contribution >= 0.6 is 0 Å². The number of ether oxygens (including phenoxy) is 1. The first-order valence-corrected chi connectivity index (χ1v) is 8.35. The van der Waals surface area contributed by atoms with Gasteiger partial charge >= 0.3 is 17.8 Å². The van der Waals surface area contributed by atoms with Crippen LogP contribution in [-0.4, -0.2) is 81.3 Å². The second-order valence-corrected chi connectivity index (χ2v) is 6.04. The van der Waals surface area contributed by atoms with Crippen molar-refractivity contribution in [2.75, 3.05) is 32.7 Å². The standard InChI is InChI=1S/C16H21N5O4/c1-3-19-8-9-21(15(23)14(19)22)16(24)20-7-5-12(10-20)25-13-4-6-17-11(2)18-13/h4,6,12H,3,5,7-10H2,1-2H3/t12-/m1/s1. The van der Waals surface area contributed by atoms with E-state index in [9.17, 15) is 14.4 Å². The van der Waals surface area contributed by atoms with E-state index in [0.717, 1.165) is 4.90 Å². The number of urea groups is 1. The van der Waals surface area contributed by atoms with Crippen molar-refractivity contribution >= 4 is 17.8 Å². The highest BCUT2D eigenvalue weighted by molar-refractivity contribution is 6.38. The molecule has 0 saturated carbocycles. The van der Waals surface area contributed by atoms with Crippen molar-refractivity contribution in [1.29, 1.82) is 0 Å². The van der Waals surface area contributed by atoms with Gasteiger partial charge in [0.05, 0.1) is 6.54 Å². The monoisotopic (exact) mass is 347 g/mol. The van der Waals surface area contributed by atoms with Crippen LogP contribution in [0.3, 0.4) is 0 Å². The largest absolute Gasteiger partial charge is 0.472 e. The van der Waals surface area contributed by atoms with Gasteiger partial charge in [-0.15, -0.1) is 0 Å². The van der Waals surface area contributed by atoms with Crippen LogP contribution in [0, 0.1) is 6.92 Å². The third-order valence-corrected chi connectivity index (χ3v) is 4.37. The van der Waals surface area contributed by atoms with E-state index < -0.39 is 17.8 Å². The van der Waals surface area contributed by atoms with Crippen LogP contribution < -0.4 is 4.74 Å². The molecule has 2 saturated heterocycles. The number of hydrogen-bond donors (Lipinski definition) is 0. The molecule has 2 fully saturated rings. The number of imide groups is 1. The quantitative estimate of drug-likeness (QED) is 0.717. The molecule has 3 rings (SSSR count). The average molecular weight is 347 g/mol. The first-order valence-electron chi connectivity index (χ1n) is 8.35. The molecule has 9 nitrogen and oxygen atoms in total. The Labute approximate surface area is 145 Å². The molecule has 25 heavy (non-hydrogen) atoms. The Morgan fingerprint density at radius 1 is 1.28 bits per heavy atom. The minimum Gasteiger partial charge on any atom is -0.472 e. The zero-order chi connectivity index (χ0) is 18.0. The summed E-state index contributed by atoms with van der Waals surface area (Å²) in [7, 11) is 0. The number of hydrogen-bond acceptors (Lipinski definition) is 6. The smallest absolute Gasteiger partial charge is 0.327 e. The predicted octanol–water partition coefficient (Wildman–Crippen LogP) is 0.0488. The van der Waals surface area contributed by atoms with Crippen molar-refractivity contribution in [3.8, 4) is 5.88 Å². The highest BCUT2D eigenvalue weighted by atomic mass is 16.5. The Hall–Kier alpha value is -2.71. The first-order chi connectivity index (χ1) is 12.0. The number of carbonyl (C=O) groups is 3. The van der Waals surface area contributed by atoms with Crippen LogP contribution in [0.5, 0.6) is 5.88 Å². The van der Waals surface area contributed by atoms with Gasteiger partial charge in [0, 0.05) is 44.9 Å². The molecule has 1 aromatic rings. The van der Waals surface area contributed by atoms with Gasteiger partial charge in [-0.1, -0.05) is 0 Å². The fourth-order valence-electron chi connectivity index (χ4n) is 3.00. The molecule has 4 amide bonds. The topological polar surface area (TPSA) is 95.9 Å². The lowest BCUT2D eigenvalue weighted by Crippen LogP contribution is -2.58. The SMILES string of the molecule is CCN1CCN(C(=O)N2CC[C@@H](Oc3ccnc(C)n3)C2)C(=O)C1=O. The molecule has 0 spiro atoms. The Morgan fingerprint density at radius 2 is 2.08 bits per heavy atom. The molecule has 2 aliphatic heterocycles. The van der Waals surface area contributed by atoms with E-state index in [1.165, 1.54) is 4.90 Å². The van der Waals surface area contributed by atoms with Gasteiger partial charge in [0.2, 0.25) is 5.88 Å². The molecule has 0 bridgehead atoms. The van der Waals surface area contributed by atoms with E-state index in [1.54, 1.807) is 31.0 Å². The Kier molecular flexibility index (Phi) is 4.82. The maximum absolute atomic E-state index is 12.6. The van der Waals surface area contributed by atoms with Crippen LogP contribution in [0.2, 0.25) is 0 Å². The van der Waals surface area contributed by atoms with Gasteiger partial charge in [-0.25, -0.2) is 9.78 Å². The molecule has 0 radical (unpaired) electrons. The highest BCUT2D eigenvalue weighted by Gasteiger charge is 2.39. The molecule has 1 aromatic heterocycles. The zero-order valence-electron chi connectivity index (χ0n) is 14.3. The Balaban J connectivity index is 1.59.